The molecule has 1 radical (unpaired) electrons. The van der Waals surface area contributed by atoms with Gasteiger partial charge in [-0.05, 0) is 65.2 Å². The number of benzene rings is 4. The molecule has 4 aromatic carbocycles. The average Bonchev–Trinajstić information content (AvgIpc) is 3.16. The average molecular weight is 511 g/mol. The Morgan fingerprint density at radius 2 is 1.43 bits per heavy atom. The van der Waals surface area contributed by atoms with Crippen LogP contribution in [-0.4, -0.2) is 10.5 Å². The Morgan fingerprint density at radius 3 is 2.03 bits per heavy atom. The van der Waals surface area contributed by atoms with Crippen LogP contribution in [0.25, 0.3) is 32.9 Å². The zero-order valence-corrected chi connectivity index (χ0v) is 18.9. The number of alkyl halides is 6. The molecule has 0 saturated carbocycles. The molecule has 0 aliphatic carbocycles. The minimum absolute atomic E-state index is 0.0991. The number of hydrogen-bond donors (Lipinski definition) is 1. The van der Waals surface area contributed by atoms with Crippen molar-refractivity contribution < 1.29 is 31.1 Å². The second kappa shape index (κ2) is 8.69. The highest BCUT2D eigenvalue weighted by Crippen LogP contribution is 2.38. The predicted octanol–water partition coefficient (Wildman–Crippen LogP) is 7.45. The number of carbonyl (C=O) groups excluding carboxylic acids is 1. The third kappa shape index (κ3) is 4.52. The normalized spacial score (nSPS) is 12.4. The van der Waals surface area contributed by atoms with Crippen molar-refractivity contribution in [3.63, 3.8) is 0 Å². The molecule has 5 rings (SSSR count). The van der Waals surface area contributed by atoms with E-state index in [4.69, 9.17) is 5.73 Å². The molecule has 1 heterocycles. The highest BCUT2D eigenvalue weighted by atomic mass is 19.4. The fraction of sp³-hybridized carbons (Fsp3) is 0.107. The Labute approximate surface area is 206 Å². The molecule has 0 spiro atoms. The molecule has 1 amide bonds. The predicted molar refractivity (Wildman–Crippen MR) is 128 cm³/mol. The van der Waals surface area contributed by atoms with Crippen LogP contribution in [0.5, 0.6) is 0 Å². The smallest absolute Gasteiger partial charge is 0.366 e. The largest absolute Gasteiger partial charge is 0.416 e. The van der Waals surface area contributed by atoms with Crippen LogP contribution >= 0.6 is 0 Å². The van der Waals surface area contributed by atoms with E-state index in [2.05, 4.69) is 6.07 Å². The van der Waals surface area contributed by atoms with E-state index < -0.39 is 29.4 Å². The van der Waals surface area contributed by atoms with Gasteiger partial charge in [-0.2, -0.15) is 26.3 Å². The molecule has 187 valence electrons. The number of halogens is 6. The van der Waals surface area contributed by atoms with E-state index in [9.17, 15) is 31.1 Å². The van der Waals surface area contributed by atoms with Gasteiger partial charge in [0.2, 0.25) is 5.91 Å². The maximum atomic E-state index is 13.5. The first-order valence-corrected chi connectivity index (χ1v) is 11.0. The minimum Gasteiger partial charge on any atom is -0.366 e. The Morgan fingerprint density at radius 1 is 0.784 bits per heavy atom. The van der Waals surface area contributed by atoms with Gasteiger partial charge < -0.3 is 10.3 Å². The van der Waals surface area contributed by atoms with E-state index in [1.54, 1.807) is 28.8 Å². The fourth-order valence-corrected chi connectivity index (χ4v) is 4.52. The Kier molecular flexibility index (Phi) is 5.73. The van der Waals surface area contributed by atoms with Crippen molar-refractivity contribution in [2.24, 2.45) is 5.73 Å². The summed E-state index contributed by atoms with van der Waals surface area (Å²) in [6.45, 7) is -0.318. The van der Waals surface area contributed by atoms with E-state index in [0.29, 0.717) is 33.9 Å². The Bertz CT molecular complexity index is 1620. The van der Waals surface area contributed by atoms with Gasteiger partial charge in [0, 0.05) is 22.9 Å². The number of primary amides is 1. The van der Waals surface area contributed by atoms with Crippen LogP contribution in [0.1, 0.15) is 27.0 Å². The second-order valence-corrected chi connectivity index (χ2v) is 8.58. The number of fused-ring (bicyclic) bond motifs is 3. The van der Waals surface area contributed by atoms with Gasteiger partial charge in [-0.25, -0.2) is 0 Å². The van der Waals surface area contributed by atoms with Crippen molar-refractivity contribution in [1.82, 2.24) is 4.57 Å². The topological polar surface area (TPSA) is 48.0 Å². The Balaban J connectivity index is 1.79. The van der Waals surface area contributed by atoms with Crippen molar-refractivity contribution >= 4 is 27.7 Å². The van der Waals surface area contributed by atoms with E-state index in [-0.39, 0.29) is 23.7 Å². The lowest BCUT2D eigenvalue weighted by Crippen LogP contribution is -2.13. The van der Waals surface area contributed by atoms with Crippen molar-refractivity contribution in [3.8, 4) is 11.1 Å². The van der Waals surface area contributed by atoms with Crippen LogP contribution < -0.4 is 5.73 Å². The number of hydrogen-bond acceptors (Lipinski definition) is 1. The number of carbonyl (C=O) groups is 1. The highest BCUT2D eigenvalue weighted by molar-refractivity contribution is 6.18. The van der Waals surface area contributed by atoms with Gasteiger partial charge in [-0.1, -0.05) is 36.4 Å². The molecule has 0 unspecified atom stereocenters. The lowest BCUT2D eigenvalue weighted by molar-refractivity contribution is -0.143. The summed E-state index contributed by atoms with van der Waals surface area (Å²) in [4.78, 5) is 12.2. The van der Waals surface area contributed by atoms with Gasteiger partial charge in [0.05, 0.1) is 22.2 Å². The third-order valence-electron chi connectivity index (χ3n) is 6.16. The van der Waals surface area contributed by atoms with Gasteiger partial charge in [0.1, 0.15) is 0 Å². The summed E-state index contributed by atoms with van der Waals surface area (Å²) in [5, 5.41) is 0.903. The third-order valence-corrected chi connectivity index (χ3v) is 6.16. The summed E-state index contributed by atoms with van der Waals surface area (Å²) >= 11 is 0. The van der Waals surface area contributed by atoms with E-state index in [1.165, 1.54) is 6.07 Å². The molecule has 0 atom stereocenters. The van der Waals surface area contributed by atoms with Gasteiger partial charge in [-0.15, -0.1) is 0 Å². The number of nitrogens with two attached hydrogens (primary N) is 1. The molecule has 2 N–H and O–H groups in total. The molecule has 0 aliphatic rings. The van der Waals surface area contributed by atoms with Crippen LogP contribution in [0.15, 0.2) is 78.9 Å². The van der Waals surface area contributed by atoms with E-state index in [0.717, 1.165) is 11.1 Å². The van der Waals surface area contributed by atoms with Gasteiger partial charge in [0.25, 0.3) is 0 Å². The molecule has 0 aliphatic heterocycles. The fourth-order valence-electron chi connectivity index (χ4n) is 4.52. The number of rotatable bonds is 4. The standard InChI is InChI=1S/C28H17F6N2O/c29-27(30,31)19-11-16(12-20(14-19)28(32,33)34)15-36-23-8-4-7-22(26(35)37)25(23)21-10-9-18(13-24(21)36)17-5-2-1-3-6-17/h1-9,11-14H,15H2,(H2,35,37). The summed E-state index contributed by atoms with van der Waals surface area (Å²) in [6.07, 6.45) is -9.94. The zero-order chi connectivity index (χ0) is 26.5. The molecule has 37 heavy (non-hydrogen) atoms. The molecule has 9 heteroatoms. The quantitative estimate of drug-likeness (QED) is 0.251. The van der Waals surface area contributed by atoms with Crippen LogP contribution in [0.3, 0.4) is 0 Å². The van der Waals surface area contributed by atoms with E-state index >= 15 is 0 Å². The van der Waals surface area contributed by atoms with Crippen LogP contribution in [-0.2, 0) is 18.9 Å². The first-order valence-electron chi connectivity index (χ1n) is 11.0. The van der Waals surface area contributed by atoms with Gasteiger partial charge >= 0.3 is 12.4 Å². The summed E-state index contributed by atoms with van der Waals surface area (Å²) < 4.78 is 82.4. The van der Waals surface area contributed by atoms with Crippen LogP contribution in [0.2, 0.25) is 0 Å². The van der Waals surface area contributed by atoms with Gasteiger partial charge in [0.15, 0.2) is 0 Å². The van der Waals surface area contributed by atoms with Crippen molar-refractivity contribution in [2.45, 2.75) is 18.9 Å². The SMILES string of the molecule is NC(=O)c1cccc2c1c1[c]cc(-c3ccccc3)cc1n2Cc1cc(C(F)(F)F)cc(C(F)(F)F)c1. The maximum Gasteiger partial charge on any atom is 0.416 e. The van der Waals surface area contributed by atoms with E-state index in [1.807, 2.05) is 30.3 Å². The Hall–Kier alpha value is -4.27. The molecule has 3 nitrogen and oxygen atoms in total. The number of aromatic nitrogens is 1. The van der Waals surface area contributed by atoms with Crippen molar-refractivity contribution in [1.29, 1.82) is 0 Å². The molecular formula is C28H17F6N2O. The summed E-state index contributed by atoms with van der Waals surface area (Å²) in [6, 6.07) is 22.1. The van der Waals surface area contributed by atoms with Gasteiger partial charge in [-0.3, -0.25) is 4.79 Å². The second-order valence-electron chi connectivity index (χ2n) is 8.58. The first kappa shape index (κ1) is 24.4. The lowest BCUT2D eigenvalue weighted by Gasteiger charge is -2.15. The minimum atomic E-state index is -4.97. The maximum absolute atomic E-state index is 13.5. The molecule has 5 aromatic rings. The summed E-state index contributed by atoms with van der Waals surface area (Å²) in [5.41, 5.74) is 5.24. The molecule has 0 saturated heterocycles. The number of nitrogens with zero attached hydrogens (tertiary/aromatic N) is 1. The molecular weight excluding hydrogens is 494 g/mol. The summed E-state index contributed by atoms with van der Waals surface area (Å²) in [7, 11) is 0. The monoisotopic (exact) mass is 511 g/mol. The number of amides is 1. The first-order chi connectivity index (χ1) is 17.4. The van der Waals surface area contributed by atoms with Crippen molar-refractivity contribution in [3.05, 3.63) is 107 Å². The molecule has 1 aromatic heterocycles. The summed E-state index contributed by atoms with van der Waals surface area (Å²) in [5.74, 6) is -0.719. The van der Waals surface area contributed by atoms with Crippen LogP contribution in [0.4, 0.5) is 26.3 Å². The highest BCUT2D eigenvalue weighted by Gasteiger charge is 2.37. The molecule has 0 bridgehead atoms. The van der Waals surface area contributed by atoms with Crippen molar-refractivity contribution in [2.75, 3.05) is 0 Å². The zero-order valence-electron chi connectivity index (χ0n) is 18.9. The lowest BCUT2D eigenvalue weighted by atomic mass is 10.0. The molecule has 0 fully saturated rings. The van der Waals surface area contributed by atoms with Crippen LogP contribution in [0, 0.1) is 6.07 Å².